The summed E-state index contributed by atoms with van der Waals surface area (Å²) in [6.45, 7) is 0. The summed E-state index contributed by atoms with van der Waals surface area (Å²) in [6, 6.07) is 6.42. The molecule has 3 aromatic rings. The molecule has 4 N–H and O–H groups in total. The number of fused-ring (bicyclic) bond motifs is 1. The van der Waals surface area contributed by atoms with Crippen molar-refractivity contribution in [3.05, 3.63) is 51.8 Å². The SMILES string of the molecule is Cl.Nc1nc2nc(CCCc3ccc(F)cc3)[nH]c2c(=O)[nH]1. The Morgan fingerprint density at radius 1 is 1.09 bits per heavy atom. The second-order valence-corrected chi connectivity index (χ2v) is 4.81. The number of aromatic nitrogens is 4. The summed E-state index contributed by atoms with van der Waals surface area (Å²) in [5.74, 6) is 0.506. The maximum Gasteiger partial charge on any atom is 0.278 e. The molecule has 8 heteroatoms. The fraction of sp³-hybridized carbons (Fsp3) is 0.214. The zero-order chi connectivity index (χ0) is 14.8. The van der Waals surface area contributed by atoms with Gasteiger partial charge < -0.3 is 10.7 Å². The molecule has 3 rings (SSSR count). The van der Waals surface area contributed by atoms with E-state index in [1.807, 2.05) is 0 Å². The number of imidazole rings is 1. The maximum absolute atomic E-state index is 12.8. The highest BCUT2D eigenvalue weighted by Gasteiger charge is 2.08. The molecular formula is C14H15ClFN5O. The summed E-state index contributed by atoms with van der Waals surface area (Å²) in [5.41, 5.74) is 6.87. The van der Waals surface area contributed by atoms with Crippen molar-refractivity contribution in [1.29, 1.82) is 0 Å². The van der Waals surface area contributed by atoms with Crippen LogP contribution in [0.1, 0.15) is 17.8 Å². The van der Waals surface area contributed by atoms with E-state index < -0.39 is 0 Å². The topological polar surface area (TPSA) is 100 Å². The first-order chi connectivity index (χ1) is 10.1. The molecule has 2 heterocycles. The van der Waals surface area contributed by atoms with Crippen LogP contribution in [-0.2, 0) is 12.8 Å². The number of anilines is 1. The zero-order valence-corrected chi connectivity index (χ0v) is 12.4. The fourth-order valence-electron chi connectivity index (χ4n) is 2.20. The predicted molar refractivity (Wildman–Crippen MR) is 84.6 cm³/mol. The second-order valence-electron chi connectivity index (χ2n) is 4.81. The van der Waals surface area contributed by atoms with Crippen LogP contribution in [0.2, 0.25) is 0 Å². The van der Waals surface area contributed by atoms with Crippen molar-refractivity contribution >= 4 is 29.5 Å². The van der Waals surface area contributed by atoms with E-state index in [0.717, 1.165) is 18.4 Å². The van der Waals surface area contributed by atoms with E-state index in [0.29, 0.717) is 23.4 Å². The minimum Gasteiger partial charge on any atom is -0.369 e. The third-order valence-corrected chi connectivity index (χ3v) is 3.22. The summed E-state index contributed by atoms with van der Waals surface area (Å²) in [4.78, 5) is 25.3. The molecule has 0 saturated carbocycles. The standard InChI is InChI=1S/C14H14FN5O.ClH/c15-9-6-4-8(5-7-9)2-1-3-10-17-11-12(18-10)19-14(16)20-13(11)21;/h4-7H,1-3H2,(H4,16,17,18,19,20,21);1H. The number of nitrogens with one attached hydrogen (secondary N) is 2. The molecule has 116 valence electrons. The Kier molecular flexibility index (Phi) is 4.77. The van der Waals surface area contributed by atoms with Crippen molar-refractivity contribution in [1.82, 2.24) is 19.9 Å². The summed E-state index contributed by atoms with van der Waals surface area (Å²) in [5, 5.41) is 0. The lowest BCUT2D eigenvalue weighted by Crippen LogP contribution is -2.10. The minimum atomic E-state index is -0.324. The van der Waals surface area contributed by atoms with Gasteiger partial charge in [-0.25, -0.2) is 9.37 Å². The molecule has 0 amide bonds. The van der Waals surface area contributed by atoms with Gasteiger partial charge in [0.25, 0.3) is 5.56 Å². The summed E-state index contributed by atoms with van der Waals surface area (Å²) < 4.78 is 12.8. The van der Waals surface area contributed by atoms with E-state index in [4.69, 9.17) is 5.73 Å². The smallest absolute Gasteiger partial charge is 0.278 e. The summed E-state index contributed by atoms with van der Waals surface area (Å²) in [7, 11) is 0. The molecule has 0 atom stereocenters. The van der Waals surface area contributed by atoms with Crippen LogP contribution in [0, 0.1) is 5.82 Å². The summed E-state index contributed by atoms with van der Waals surface area (Å²) >= 11 is 0. The zero-order valence-electron chi connectivity index (χ0n) is 11.6. The van der Waals surface area contributed by atoms with Gasteiger partial charge in [-0.2, -0.15) is 4.98 Å². The Morgan fingerprint density at radius 3 is 2.55 bits per heavy atom. The lowest BCUT2D eigenvalue weighted by atomic mass is 10.1. The van der Waals surface area contributed by atoms with Gasteiger partial charge in [-0.15, -0.1) is 12.4 Å². The number of rotatable bonds is 4. The fourth-order valence-corrected chi connectivity index (χ4v) is 2.20. The number of nitrogens with two attached hydrogens (primary N) is 1. The number of aryl methyl sites for hydroxylation is 2. The highest BCUT2D eigenvalue weighted by molar-refractivity contribution is 5.85. The molecule has 0 saturated heterocycles. The van der Waals surface area contributed by atoms with Crippen LogP contribution in [0.5, 0.6) is 0 Å². The number of nitrogen functional groups attached to an aromatic ring is 1. The van der Waals surface area contributed by atoms with Crippen LogP contribution >= 0.6 is 12.4 Å². The molecule has 0 unspecified atom stereocenters. The monoisotopic (exact) mass is 323 g/mol. The van der Waals surface area contributed by atoms with E-state index in [-0.39, 0.29) is 29.7 Å². The van der Waals surface area contributed by atoms with Gasteiger partial charge >= 0.3 is 0 Å². The van der Waals surface area contributed by atoms with Gasteiger partial charge in [0.1, 0.15) is 11.6 Å². The summed E-state index contributed by atoms with van der Waals surface area (Å²) in [6.07, 6.45) is 2.31. The van der Waals surface area contributed by atoms with Crippen molar-refractivity contribution in [2.24, 2.45) is 0 Å². The number of nitrogens with zero attached hydrogens (tertiary/aromatic N) is 2. The maximum atomic E-state index is 12.8. The Bertz CT molecular complexity index is 827. The Balaban J connectivity index is 0.00000176. The van der Waals surface area contributed by atoms with E-state index in [1.54, 1.807) is 12.1 Å². The normalized spacial score (nSPS) is 10.6. The highest BCUT2D eigenvalue weighted by Crippen LogP contribution is 2.10. The van der Waals surface area contributed by atoms with Gasteiger partial charge in [0, 0.05) is 6.42 Å². The molecule has 0 aliphatic rings. The molecule has 6 nitrogen and oxygen atoms in total. The number of halogens is 2. The number of benzene rings is 1. The number of hydrogen-bond acceptors (Lipinski definition) is 4. The van der Waals surface area contributed by atoms with Crippen molar-refractivity contribution in [2.45, 2.75) is 19.3 Å². The van der Waals surface area contributed by atoms with Gasteiger partial charge in [0.15, 0.2) is 11.2 Å². The first-order valence-corrected chi connectivity index (χ1v) is 6.60. The third-order valence-electron chi connectivity index (χ3n) is 3.22. The third kappa shape index (κ3) is 3.43. The quantitative estimate of drug-likeness (QED) is 0.683. The lowest BCUT2D eigenvalue weighted by molar-refractivity contribution is 0.626. The molecule has 0 aliphatic heterocycles. The van der Waals surface area contributed by atoms with Gasteiger partial charge in [-0.3, -0.25) is 9.78 Å². The number of hydrogen-bond donors (Lipinski definition) is 3. The van der Waals surface area contributed by atoms with Gasteiger partial charge in [-0.1, -0.05) is 12.1 Å². The largest absolute Gasteiger partial charge is 0.369 e. The minimum absolute atomic E-state index is 0. The number of aromatic amines is 2. The van der Waals surface area contributed by atoms with Crippen LogP contribution < -0.4 is 11.3 Å². The van der Waals surface area contributed by atoms with E-state index in [9.17, 15) is 9.18 Å². The molecule has 22 heavy (non-hydrogen) atoms. The first kappa shape index (κ1) is 16.0. The Labute approximate surface area is 131 Å². The van der Waals surface area contributed by atoms with Crippen LogP contribution in [0.25, 0.3) is 11.2 Å². The molecular weight excluding hydrogens is 309 g/mol. The first-order valence-electron chi connectivity index (χ1n) is 6.60. The molecule has 1 aromatic carbocycles. The van der Waals surface area contributed by atoms with E-state index >= 15 is 0 Å². The van der Waals surface area contributed by atoms with Crippen LogP contribution in [0.15, 0.2) is 29.1 Å². The van der Waals surface area contributed by atoms with Gasteiger partial charge in [0.05, 0.1) is 0 Å². The molecule has 0 radical (unpaired) electrons. The van der Waals surface area contributed by atoms with Crippen LogP contribution in [-0.4, -0.2) is 19.9 Å². The van der Waals surface area contributed by atoms with Crippen molar-refractivity contribution < 1.29 is 4.39 Å². The molecule has 0 fully saturated rings. The van der Waals surface area contributed by atoms with Crippen molar-refractivity contribution in [3.63, 3.8) is 0 Å². The molecule has 2 aromatic heterocycles. The number of H-pyrrole nitrogens is 2. The van der Waals surface area contributed by atoms with Gasteiger partial charge in [0.2, 0.25) is 5.95 Å². The van der Waals surface area contributed by atoms with Gasteiger partial charge in [-0.05, 0) is 30.5 Å². The average Bonchev–Trinajstić information content (AvgIpc) is 2.84. The van der Waals surface area contributed by atoms with Crippen molar-refractivity contribution in [3.8, 4) is 0 Å². The Hall–Kier alpha value is -2.41. The Morgan fingerprint density at radius 2 is 1.82 bits per heavy atom. The highest BCUT2D eigenvalue weighted by atomic mass is 35.5. The molecule has 0 bridgehead atoms. The molecule has 0 spiro atoms. The molecule has 0 aliphatic carbocycles. The lowest BCUT2D eigenvalue weighted by Gasteiger charge is -1.99. The van der Waals surface area contributed by atoms with E-state index in [1.165, 1.54) is 12.1 Å². The predicted octanol–water partition coefficient (Wildman–Crippen LogP) is 1.96. The average molecular weight is 324 g/mol. The van der Waals surface area contributed by atoms with Crippen molar-refractivity contribution in [2.75, 3.05) is 5.73 Å². The second kappa shape index (κ2) is 6.57. The van der Waals surface area contributed by atoms with Crippen LogP contribution in [0.3, 0.4) is 0 Å². The van der Waals surface area contributed by atoms with Crippen LogP contribution in [0.4, 0.5) is 10.3 Å². The van der Waals surface area contributed by atoms with E-state index in [2.05, 4.69) is 19.9 Å².